The molecular weight excluding hydrogens is 272 g/mol. The van der Waals surface area contributed by atoms with Crippen LogP contribution in [0.2, 0.25) is 0 Å². The van der Waals surface area contributed by atoms with Crippen molar-refractivity contribution in [3.05, 3.63) is 54.7 Å². The molecule has 1 aromatic carbocycles. The third-order valence-electron chi connectivity index (χ3n) is 5.52. The van der Waals surface area contributed by atoms with Crippen LogP contribution in [-0.4, -0.2) is 34.1 Å². The zero-order chi connectivity index (χ0) is 15.1. The number of pyridine rings is 1. The van der Waals surface area contributed by atoms with Crippen molar-refractivity contribution in [1.29, 1.82) is 0 Å². The average molecular weight is 294 g/mol. The van der Waals surface area contributed by atoms with E-state index in [0.29, 0.717) is 11.8 Å². The molecule has 1 N–H and O–H groups in total. The summed E-state index contributed by atoms with van der Waals surface area (Å²) in [5.41, 5.74) is 1.97. The molecule has 3 unspecified atom stereocenters. The number of piperidine rings is 3. The van der Waals surface area contributed by atoms with Crippen molar-refractivity contribution in [2.45, 2.75) is 25.0 Å². The topological polar surface area (TPSA) is 36.4 Å². The first-order chi connectivity index (χ1) is 10.8. The molecular formula is C19H22N2O. The summed E-state index contributed by atoms with van der Waals surface area (Å²) in [6.45, 7) is 6.11. The Bertz CT molecular complexity index is 693. The van der Waals surface area contributed by atoms with E-state index in [1.54, 1.807) is 0 Å². The van der Waals surface area contributed by atoms with E-state index in [1.807, 2.05) is 30.5 Å². The Labute approximate surface area is 131 Å². The first-order valence-corrected chi connectivity index (χ1v) is 8.16. The molecule has 0 amide bonds. The lowest BCUT2D eigenvalue weighted by atomic mass is 9.73. The number of nitrogens with zero attached hydrogens (tertiary/aromatic N) is 2. The zero-order valence-electron chi connectivity index (χ0n) is 12.7. The summed E-state index contributed by atoms with van der Waals surface area (Å²) in [4.78, 5) is 6.86. The van der Waals surface area contributed by atoms with Gasteiger partial charge < -0.3 is 5.11 Å². The van der Waals surface area contributed by atoms with Gasteiger partial charge in [-0.1, -0.05) is 24.3 Å². The molecule has 3 fully saturated rings. The molecule has 2 aromatic rings. The van der Waals surface area contributed by atoms with Gasteiger partial charge in [0.05, 0.1) is 11.6 Å². The van der Waals surface area contributed by atoms with E-state index in [-0.39, 0.29) is 6.04 Å². The van der Waals surface area contributed by atoms with Crippen LogP contribution in [0.5, 0.6) is 0 Å². The van der Waals surface area contributed by atoms with Crippen molar-refractivity contribution in [2.75, 3.05) is 13.1 Å². The van der Waals surface area contributed by atoms with Crippen molar-refractivity contribution in [3.8, 4) is 0 Å². The van der Waals surface area contributed by atoms with E-state index < -0.39 is 6.10 Å². The molecule has 2 bridgehead atoms. The second kappa shape index (κ2) is 5.49. The number of benzene rings is 1. The van der Waals surface area contributed by atoms with Crippen LogP contribution < -0.4 is 0 Å². The first kappa shape index (κ1) is 13.9. The largest absolute Gasteiger partial charge is 0.387 e. The Kier molecular flexibility index (Phi) is 3.47. The minimum atomic E-state index is -0.443. The van der Waals surface area contributed by atoms with Gasteiger partial charge in [-0.15, -0.1) is 6.58 Å². The van der Waals surface area contributed by atoms with E-state index in [1.165, 1.54) is 6.42 Å². The maximum atomic E-state index is 11.0. The summed E-state index contributed by atoms with van der Waals surface area (Å²) < 4.78 is 0. The molecule has 3 aliphatic heterocycles. The van der Waals surface area contributed by atoms with Gasteiger partial charge in [-0.2, -0.15) is 0 Å². The van der Waals surface area contributed by atoms with Gasteiger partial charge in [0.1, 0.15) is 0 Å². The quantitative estimate of drug-likeness (QED) is 0.883. The molecule has 0 saturated carbocycles. The molecule has 4 heterocycles. The van der Waals surface area contributed by atoms with Crippen LogP contribution in [0.1, 0.15) is 24.5 Å². The van der Waals surface area contributed by atoms with Gasteiger partial charge in [-0.3, -0.25) is 9.88 Å². The second-order valence-corrected chi connectivity index (χ2v) is 6.61. The molecule has 0 aliphatic carbocycles. The maximum Gasteiger partial charge on any atom is 0.0952 e. The third kappa shape index (κ3) is 2.16. The van der Waals surface area contributed by atoms with Gasteiger partial charge in [-0.25, -0.2) is 0 Å². The number of para-hydroxylation sites is 1. The number of aliphatic hydroxyl groups is 1. The van der Waals surface area contributed by atoms with Crippen molar-refractivity contribution in [3.63, 3.8) is 0 Å². The van der Waals surface area contributed by atoms with Gasteiger partial charge >= 0.3 is 0 Å². The highest BCUT2D eigenvalue weighted by Gasteiger charge is 2.42. The number of rotatable bonds is 3. The SMILES string of the molecule is C=C[C@H]1CN2CCC1CC2[C@@H](O)c1ccnc2ccccc12. The van der Waals surface area contributed by atoms with Gasteiger partial charge in [0.15, 0.2) is 0 Å². The van der Waals surface area contributed by atoms with Crippen LogP contribution >= 0.6 is 0 Å². The number of fused-ring (bicyclic) bond motifs is 4. The Morgan fingerprint density at radius 3 is 2.95 bits per heavy atom. The molecule has 3 heteroatoms. The summed E-state index contributed by atoms with van der Waals surface area (Å²) in [6, 6.07) is 10.3. The number of hydrogen-bond donors (Lipinski definition) is 1. The van der Waals surface area contributed by atoms with Crippen molar-refractivity contribution >= 4 is 10.9 Å². The monoisotopic (exact) mass is 294 g/mol. The van der Waals surface area contributed by atoms with Crippen LogP contribution in [0.4, 0.5) is 0 Å². The van der Waals surface area contributed by atoms with Crippen LogP contribution in [0, 0.1) is 11.8 Å². The highest BCUT2D eigenvalue weighted by Crippen LogP contribution is 2.41. The van der Waals surface area contributed by atoms with Crippen LogP contribution in [0.25, 0.3) is 10.9 Å². The fraction of sp³-hybridized carbons (Fsp3) is 0.421. The summed E-state index contributed by atoms with van der Waals surface area (Å²) in [7, 11) is 0. The summed E-state index contributed by atoms with van der Waals surface area (Å²) in [5.74, 6) is 1.27. The number of aliphatic hydroxyl groups excluding tert-OH is 1. The fourth-order valence-corrected chi connectivity index (χ4v) is 4.29. The Hall–Kier alpha value is -1.71. The number of hydrogen-bond acceptors (Lipinski definition) is 3. The normalized spacial score (nSPS) is 32.0. The lowest BCUT2D eigenvalue weighted by Gasteiger charge is -2.50. The maximum absolute atomic E-state index is 11.0. The Morgan fingerprint density at radius 1 is 1.32 bits per heavy atom. The predicted molar refractivity (Wildman–Crippen MR) is 88.5 cm³/mol. The van der Waals surface area contributed by atoms with E-state index in [2.05, 4.69) is 28.6 Å². The molecule has 5 atom stereocenters. The van der Waals surface area contributed by atoms with Crippen LogP contribution in [0.3, 0.4) is 0 Å². The molecule has 3 aliphatic rings. The summed E-state index contributed by atoms with van der Waals surface area (Å²) in [5, 5.41) is 12.1. The lowest BCUT2D eigenvalue weighted by molar-refractivity contribution is -0.0444. The van der Waals surface area contributed by atoms with E-state index in [4.69, 9.17) is 0 Å². The molecule has 0 radical (unpaired) electrons. The second-order valence-electron chi connectivity index (χ2n) is 6.61. The van der Waals surface area contributed by atoms with Crippen LogP contribution in [-0.2, 0) is 0 Å². The molecule has 3 saturated heterocycles. The Balaban J connectivity index is 1.67. The molecule has 22 heavy (non-hydrogen) atoms. The zero-order valence-corrected chi connectivity index (χ0v) is 12.7. The highest BCUT2D eigenvalue weighted by molar-refractivity contribution is 5.82. The highest BCUT2D eigenvalue weighted by atomic mass is 16.3. The molecule has 114 valence electrons. The Morgan fingerprint density at radius 2 is 2.18 bits per heavy atom. The molecule has 1 aromatic heterocycles. The van der Waals surface area contributed by atoms with Crippen LogP contribution in [0.15, 0.2) is 49.2 Å². The summed E-state index contributed by atoms with van der Waals surface area (Å²) >= 11 is 0. The fourth-order valence-electron chi connectivity index (χ4n) is 4.29. The molecule has 5 rings (SSSR count). The molecule has 3 nitrogen and oxygen atoms in total. The minimum Gasteiger partial charge on any atom is -0.387 e. The smallest absolute Gasteiger partial charge is 0.0952 e. The van der Waals surface area contributed by atoms with Crippen molar-refractivity contribution in [1.82, 2.24) is 9.88 Å². The van der Waals surface area contributed by atoms with Crippen molar-refractivity contribution < 1.29 is 5.11 Å². The molecule has 0 spiro atoms. The average Bonchev–Trinajstić information content (AvgIpc) is 2.60. The van der Waals surface area contributed by atoms with Crippen molar-refractivity contribution in [2.24, 2.45) is 11.8 Å². The number of aromatic nitrogens is 1. The minimum absolute atomic E-state index is 0.223. The van der Waals surface area contributed by atoms with Gasteiger partial charge in [0, 0.05) is 24.2 Å². The summed E-state index contributed by atoms with van der Waals surface area (Å²) in [6.07, 6.45) is 5.76. The third-order valence-corrected chi connectivity index (χ3v) is 5.52. The standard InChI is InChI=1S/C19H22N2O/c1-2-13-12-21-10-8-14(13)11-18(21)19(22)16-7-9-20-17-6-4-3-5-15(16)17/h2-7,9,13-14,18-19,22H,1,8,10-12H2/t13-,14?,18?,19-/m0/s1. The predicted octanol–water partition coefficient (Wildman–Crippen LogP) is 3.16. The van der Waals surface area contributed by atoms with Gasteiger partial charge in [-0.05, 0) is 48.9 Å². The van der Waals surface area contributed by atoms with E-state index in [0.717, 1.165) is 36.0 Å². The van der Waals surface area contributed by atoms with Gasteiger partial charge in [0.2, 0.25) is 0 Å². The first-order valence-electron chi connectivity index (χ1n) is 8.16. The lowest BCUT2D eigenvalue weighted by Crippen LogP contribution is -2.54. The van der Waals surface area contributed by atoms with Gasteiger partial charge in [0.25, 0.3) is 0 Å². The van der Waals surface area contributed by atoms with E-state index >= 15 is 0 Å². The van der Waals surface area contributed by atoms with E-state index in [9.17, 15) is 5.11 Å².